The van der Waals surface area contributed by atoms with Crippen molar-refractivity contribution in [2.45, 2.75) is 18.3 Å². The van der Waals surface area contributed by atoms with Crippen molar-refractivity contribution in [3.63, 3.8) is 0 Å². The highest BCUT2D eigenvalue weighted by atomic mass is 16.1. The Morgan fingerprint density at radius 1 is 0.844 bits per heavy atom. The first-order valence-corrected chi connectivity index (χ1v) is 11.0. The van der Waals surface area contributed by atoms with Crippen LogP contribution in [-0.4, -0.2) is 36.3 Å². The minimum atomic E-state index is -0.861. The zero-order chi connectivity index (χ0) is 22.6. The number of carbonyl (C=O) groups is 2. The minimum Gasteiger partial charge on any atom is -0.369 e. The van der Waals surface area contributed by atoms with E-state index in [0.29, 0.717) is 5.56 Å². The summed E-state index contributed by atoms with van der Waals surface area (Å²) in [6.07, 6.45) is 1.76. The Labute approximate surface area is 189 Å². The fourth-order valence-corrected chi connectivity index (χ4v) is 5.04. The van der Waals surface area contributed by atoms with E-state index in [4.69, 9.17) is 11.5 Å². The van der Waals surface area contributed by atoms with Gasteiger partial charge in [0.05, 0.1) is 0 Å². The molecule has 5 nitrogen and oxygen atoms in total. The van der Waals surface area contributed by atoms with Crippen LogP contribution >= 0.6 is 0 Å². The molecule has 0 saturated carbocycles. The maximum atomic E-state index is 13.1. The molecule has 164 valence electrons. The van der Waals surface area contributed by atoms with Gasteiger partial charge in [0.1, 0.15) is 5.41 Å². The van der Waals surface area contributed by atoms with E-state index < -0.39 is 11.3 Å². The molecule has 0 aromatic heterocycles. The van der Waals surface area contributed by atoms with Gasteiger partial charge in [-0.15, -0.1) is 0 Å². The fraction of sp³-hybridized carbons (Fsp3) is 0.259. The highest BCUT2D eigenvalue weighted by Crippen LogP contribution is 2.43. The van der Waals surface area contributed by atoms with Crippen LogP contribution in [0.15, 0.2) is 84.9 Å². The fourth-order valence-electron chi connectivity index (χ4n) is 5.04. The second-order valence-electron chi connectivity index (χ2n) is 8.50. The van der Waals surface area contributed by atoms with Gasteiger partial charge >= 0.3 is 0 Å². The number of likely N-dealkylation sites (tertiary alicyclic amines) is 1. The van der Waals surface area contributed by atoms with Crippen molar-refractivity contribution >= 4 is 11.8 Å². The molecule has 1 aliphatic rings. The van der Waals surface area contributed by atoms with Crippen LogP contribution in [0.5, 0.6) is 0 Å². The molecule has 32 heavy (non-hydrogen) atoms. The van der Waals surface area contributed by atoms with Gasteiger partial charge in [0, 0.05) is 18.7 Å². The lowest BCUT2D eigenvalue weighted by Crippen LogP contribution is -2.49. The van der Waals surface area contributed by atoms with E-state index in [1.54, 1.807) is 12.1 Å². The molecule has 1 heterocycles. The van der Waals surface area contributed by atoms with Gasteiger partial charge in [-0.25, -0.2) is 0 Å². The second kappa shape index (κ2) is 9.37. The maximum Gasteiger partial charge on any atom is 0.248 e. The Bertz CT molecular complexity index is 1030. The number of rotatable bonds is 8. The van der Waals surface area contributed by atoms with E-state index >= 15 is 0 Å². The number of nitrogens with zero attached hydrogens (tertiary/aromatic N) is 1. The van der Waals surface area contributed by atoms with Gasteiger partial charge in [-0.1, -0.05) is 72.8 Å². The lowest BCUT2D eigenvalue weighted by Gasteiger charge is -2.37. The van der Waals surface area contributed by atoms with Gasteiger partial charge in [0.15, 0.2) is 0 Å². The molecule has 0 unspecified atom stereocenters. The molecule has 3 aromatic carbocycles. The molecule has 1 fully saturated rings. The van der Waals surface area contributed by atoms with Crippen LogP contribution < -0.4 is 11.5 Å². The average molecular weight is 428 g/mol. The van der Waals surface area contributed by atoms with Crippen molar-refractivity contribution in [3.05, 3.63) is 107 Å². The minimum absolute atomic E-state index is 0.0852. The van der Waals surface area contributed by atoms with Crippen LogP contribution in [0.1, 0.15) is 33.5 Å². The van der Waals surface area contributed by atoms with Crippen molar-refractivity contribution < 1.29 is 9.59 Å². The van der Waals surface area contributed by atoms with Crippen LogP contribution in [0.25, 0.3) is 0 Å². The number of amides is 2. The quantitative estimate of drug-likeness (QED) is 0.579. The zero-order valence-electron chi connectivity index (χ0n) is 18.1. The van der Waals surface area contributed by atoms with E-state index in [1.165, 1.54) is 0 Å². The SMILES string of the molecule is NC(=O)c1ccc(CCN2CC[C@H](C(C(N)=O)(c3ccccc3)c3ccccc3)C2)cc1. The molecular weight excluding hydrogens is 398 g/mol. The number of carbonyl (C=O) groups excluding carboxylic acids is 2. The second-order valence-corrected chi connectivity index (χ2v) is 8.50. The van der Waals surface area contributed by atoms with Crippen molar-refractivity contribution in [2.24, 2.45) is 17.4 Å². The molecule has 5 heteroatoms. The molecule has 3 aromatic rings. The molecule has 4 N–H and O–H groups in total. The first-order chi connectivity index (χ1) is 15.5. The maximum absolute atomic E-state index is 13.1. The van der Waals surface area contributed by atoms with Crippen LogP contribution in [0.2, 0.25) is 0 Å². The summed E-state index contributed by atoms with van der Waals surface area (Å²) in [5, 5.41) is 0. The third-order valence-electron chi connectivity index (χ3n) is 6.69. The third kappa shape index (κ3) is 4.16. The third-order valence-corrected chi connectivity index (χ3v) is 6.69. The van der Waals surface area contributed by atoms with Gasteiger partial charge < -0.3 is 16.4 Å². The van der Waals surface area contributed by atoms with E-state index in [2.05, 4.69) is 4.90 Å². The summed E-state index contributed by atoms with van der Waals surface area (Å²) in [7, 11) is 0. The average Bonchev–Trinajstić information content (AvgIpc) is 3.29. The van der Waals surface area contributed by atoms with Gasteiger partial charge in [0.2, 0.25) is 11.8 Å². The summed E-state index contributed by atoms with van der Waals surface area (Å²) in [5.74, 6) is -0.630. The summed E-state index contributed by atoms with van der Waals surface area (Å²) < 4.78 is 0. The number of primary amides is 2. The van der Waals surface area contributed by atoms with Crippen molar-refractivity contribution in [2.75, 3.05) is 19.6 Å². The summed E-state index contributed by atoms with van der Waals surface area (Å²) in [4.78, 5) is 26.8. The van der Waals surface area contributed by atoms with Crippen LogP contribution in [0.4, 0.5) is 0 Å². The molecule has 0 radical (unpaired) electrons. The zero-order valence-corrected chi connectivity index (χ0v) is 18.1. The summed E-state index contributed by atoms with van der Waals surface area (Å²) >= 11 is 0. The number of hydrogen-bond donors (Lipinski definition) is 2. The van der Waals surface area contributed by atoms with Crippen LogP contribution in [-0.2, 0) is 16.6 Å². The molecule has 2 amide bonds. The van der Waals surface area contributed by atoms with Crippen molar-refractivity contribution in [1.82, 2.24) is 4.90 Å². The highest BCUT2D eigenvalue weighted by molar-refractivity contribution is 5.92. The van der Waals surface area contributed by atoms with Crippen LogP contribution in [0.3, 0.4) is 0 Å². The van der Waals surface area contributed by atoms with Crippen LogP contribution in [0, 0.1) is 5.92 Å². The monoisotopic (exact) mass is 427 g/mol. The van der Waals surface area contributed by atoms with E-state index in [9.17, 15) is 9.59 Å². The summed E-state index contributed by atoms with van der Waals surface area (Å²) in [6.45, 7) is 2.59. The predicted octanol–water partition coefficient (Wildman–Crippen LogP) is 3.12. The first-order valence-electron chi connectivity index (χ1n) is 11.0. The molecule has 0 aliphatic carbocycles. The van der Waals surface area contributed by atoms with Gasteiger partial charge in [-0.3, -0.25) is 9.59 Å². The Kier molecular flexibility index (Phi) is 6.37. The topological polar surface area (TPSA) is 89.4 Å². The van der Waals surface area contributed by atoms with Gasteiger partial charge in [0.25, 0.3) is 0 Å². The molecule has 4 rings (SSSR count). The Balaban J connectivity index is 1.56. The highest BCUT2D eigenvalue weighted by Gasteiger charge is 2.49. The Morgan fingerprint density at radius 2 is 1.41 bits per heavy atom. The standard InChI is InChI=1S/C27H29N3O2/c28-25(31)21-13-11-20(12-14-21)15-17-30-18-16-24(19-30)27(26(29)32,22-7-3-1-4-8-22)23-9-5-2-6-10-23/h1-14,24H,15-19H2,(H2,28,31)(H2,29,32)/t24-/m0/s1. The number of benzene rings is 3. The smallest absolute Gasteiger partial charge is 0.248 e. The number of nitrogens with two attached hydrogens (primary N) is 2. The number of hydrogen-bond acceptors (Lipinski definition) is 3. The predicted molar refractivity (Wildman–Crippen MR) is 126 cm³/mol. The largest absolute Gasteiger partial charge is 0.369 e. The molecule has 0 bridgehead atoms. The van der Waals surface area contributed by atoms with Gasteiger partial charge in [-0.2, -0.15) is 0 Å². The normalized spacial score (nSPS) is 16.7. The van der Waals surface area contributed by atoms with Gasteiger partial charge in [-0.05, 0) is 54.1 Å². The summed E-state index contributed by atoms with van der Waals surface area (Å²) in [5.41, 5.74) is 14.2. The molecule has 1 atom stereocenters. The molecular formula is C27H29N3O2. The Hall–Kier alpha value is -3.44. The van der Waals surface area contributed by atoms with Crippen molar-refractivity contribution in [1.29, 1.82) is 0 Å². The summed E-state index contributed by atoms with van der Waals surface area (Å²) in [6, 6.07) is 27.3. The molecule has 1 aliphatic heterocycles. The van der Waals surface area contributed by atoms with Crippen molar-refractivity contribution in [3.8, 4) is 0 Å². The van der Waals surface area contributed by atoms with E-state index in [-0.39, 0.29) is 11.8 Å². The molecule has 0 spiro atoms. The van der Waals surface area contributed by atoms with E-state index in [1.807, 2.05) is 72.8 Å². The van der Waals surface area contributed by atoms with E-state index in [0.717, 1.165) is 49.2 Å². The molecule has 1 saturated heterocycles. The lowest BCUT2D eigenvalue weighted by atomic mass is 9.64. The first kappa shape index (κ1) is 21.8. The lowest BCUT2D eigenvalue weighted by molar-refractivity contribution is -0.123. The Morgan fingerprint density at radius 3 is 1.91 bits per heavy atom.